The molecular formula is C30H32F9N7O2. The lowest BCUT2D eigenvalue weighted by molar-refractivity contribution is -0.143. The summed E-state index contributed by atoms with van der Waals surface area (Å²) >= 11 is 0. The van der Waals surface area contributed by atoms with Crippen molar-refractivity contribution in [3.05, 3.63) is 64.2 Å². The van der Waals surface area contributed by atoms with Gasteiger partial charge in [-0.1, -0.05) is 5.10 Å². The van der Waals surface area contributed by atoms with Crippen molar-refractivity contribution in [1.29, 1.82) is 0 Å². The Bertz CT molecular complexity index is 1610. The predicted molar refractivity (Wildman–Crippen MR) is 154 cm³/mol. The second-order valence-corrected chi connectivity index (χ2v) is 12.5. The molecule has 5 rings (SSSR count). The Kier molecular flexibility index (Phi) is 9.11. The summed E-state index contributed by atoms with van der Waals surface area (Å²) in [5.74, 6) is -0.243. The number of nitrogens with zero attached hydrogens (tertiary/aromatic N) is 6. The summed E-state index contributed by atoms with van der Waals surface area (Å²) < 4.78 is 130. The lowest BCUT2D eigenvalue weighted by Gasteiger charge is -2.43. The van der Waals surface area contributed by atoms with E-state index in [0.717, 1.165) is 18.2 Å². The highest BCUT2D eigenvalue weighted by atomic mass is 19.4. The highest BCUT2D eigenvalue weighted by Gasteiger charge is 2.43. The van der Waals surface area contributed by atoms with Crippen LogP contribution in [0.15, 0.2) is 36.4 Å². The van der Waals surface area contributed by atoms with Gasteiger partial charge >= 0.3 is 24.6 Å². The standard InChI is InChI=1S/C30H32F9N7O2/c1-16(2)48-26(47)45-17(3)9-24(22-13-19(28(31,32)33)5-6-23(22)45)44(25-41-43-46(42-25)27(4)7-8-40-15-27)14-18-10-20(29(34,35)36)12-21(11-18)30(37,38)39/h5-6,10-13,16-17,24,40H,7-9,14-15H2,1-4H3/t17-,24+,27+/m1/s1. The van der Waals surface area contributed by atoms with E-state index in [9.17, 15) is 44.3 Å². The monoisotopic (exact) mass is 693 g/mol. The summed E-state index contributed by atoms with van der Waals surface area (Å²) in [6.45, 7) is 6.94. The molecule has 0 aliphatic carbocycles. The number of anilines is 2. The Hall–Kier alpha value is -4.09. The van der Waals surface area contributed by atoms with Crippen LogP contribution in [-0.2, 0) is 35.3 Å². The fraction of sp³-hybridized carbons (Fsp3) is 0.533. The Morgan fingerprint density at radius 1 is 1.00 bits per heavy atom. The Balaban J connectivity index is 1.70. The summed E-state index contributed by atoms with van der Waals surface area (Å²) in [7, 11) is 0. The second kappa shape index (κ2) is 12.4. The maximum Gasteiger partial charge on any atom is 0.416 e. The highest BCUT2D eigenvalue weighted by molar-refractivity contribution is 5.90. The van der Waals surface area contributed by atoms with E-state index in [0.29, 0.717) is 31.6 Å². The quantitative estimate of drug-likeness (QED) is 0.271. The maximum atomic E-state index is 14.0. The number of amides is 1. The first-order valence-corrected chi connectivity index (χ1v) is 14.9. The summed E-state index contributed by atoms with van der Waals surface area (Å²) in [5.41, 5.74) is -5.42. The largest absolute Gasteiger partial charge is 0.446 e. The lowest BCUT2D eigenvalue weighted by atomic mass is 9.89. The van der Waals surface area contributed by atoms with Gasteiger partial charge in [-0.3, -0.25) is 4.90 Å². The maximum absolute atomic E-state index is 14.0. The molecule has 1 aromatic heterocycles. The molecule has 2 aliphatic heterocycles. The van der Waals surface area contributed by atoms with Gasteiger partial charge in [-0.25, -0.2) is 4.79 Å². The highest BCUT2D eigenvalue weighted by Crippen LogP contribution is 2.45. The normalized spacial score (nSPS) is 21.8. The van der Waals surface area contributed by atoms with Gasteiger partial charge in [0.2, 0.25) is 0 Å². The molecule has 2 aliphatic rings. The molecular weight excluding hydrogens is 661 g/mol. The molecule has 1 amide bonds. The van der Waals surface area contributed by atoms with Crippen LogP contribution in [0.25, 0.3) is 0 Å². The Labute approximate surface area is 269 Å². The van der Waals surface area contributed by atoms with Crippen LogP contribution in [0.4, 0.5) is 55.9 Å². The zero-order valence-electron chi connectivity index (χ0n) is 26.1. The summed E-state index contributed by atoms with van der Waals surface area (Å²) in [6.07, 6.45) is -16.1. The summed E-state index contributed by atoms with van der Waals surface area (Å²) in [5, 5.41) is 15.8. The lowest BCUT2D eigenvalue weighted by Crippen LogP contribution is -2.47. The number of carbonyl (C=O) groups is 1. The van der Waals surface area contributed by atoms with Crippen molar-refractivity contribution in [2.75, 3.05) is 22.9 Å². The Morgan fingerprint density at radius 3 is 2.17 bits per heavy atom. The number of carbonyl (C=O) groups excluding carboxylic acids is 1. The molecule has 0 spiro atoms. The van der Waals surface area contributed by atoms with Crippen molar-refractivity contribution in [1.82, 2.24) is 25.5 Å². The minimum absolute atomic E-state index is 0.0118. The summed E-state index contributed by atoms with van der Waals surface area (Å²) in [4.78, 5) is 16.8. The number of tetrazole rings is 1. The third kappa shape index (κ3) is 7.17. The van der Waals surface area contributed by atoms with E-state index in [-0.39, 0.29) is 29.7 Å². The molecule has 2 aromatic carbocycles. The number of halogens is 9. The van der Waals surface area contributed by atoms with E-state index in [1.807, 2.05) is 6.92 Å². The molecule has 262 valence electrons. The van der Waals surface area contributed by atoms with Crippen LogP contribution in [0.2, 0.25) is 0 Å². The SMILES string of the molecule is CC(C)OC(=O)N1c2ccc(C(F)(F)F)cc2[C@@H](N(Cc2cc(C(F)(F)F)cc(C(F)(F)F)c2)c2nnn([C@@]3(C)CCNC3)n2)C[C@H]1C. The van der Waals surface area contributed by atoms with Crippen molar-refractivity contribution in [3.8, 4) is 0 Å². The fourth-order valence-electron chi connectivity index (χ4n) is 5.99. The van der Waals surface area contributed by atoms with Gasteiger partial charge in [0.1, 0.15) is 0 Å². The number of fused-ring (bicyclic) bond motifs is 1. The molecule has 18 heteroatoms. The van der Waals surface area contributed by atoms with Gasteiger partial charge in [-0.2, -0.15) is 44.3 Å². The fourth-order valence-corrected chi connectivity index (χ4v) is 5.99. The number of nitrogens with one attached hydrogen (secondary N) is 1. The first kappa shape index (κ1) is 35.2. The molecule has 1 fully saturated rings. The van der Waals surface area contributed by atoms with Crippen molar-refractivity contribution in [2.45, 2.75) is 89.3 Å². The number of ether oxygens (including phenoxy) is 1. The molecule has 48 heavy (non-hydrogen) atoms. The number of benzene rings is 2. The van der Waals surface area contributed by atoms with E-state index in [1.54, 1.807) is 20.8 Å². The van der Waals surface area contributed by atoms with Crippen LogP contribution in [-0.4, -0.2) is 51.5 Å². The minimum atomic E-state index is -5.14. The van der Waals surface area contributed by atoms with E-state index in [1.165, 1.54) is 14.6 Å². The molecule has 9 nitrogen and oxygen atoms in total. The first-order valence-electron chi connectivity index (χ1n) is 14.9. The van der Waals surface area contributed by atoms with E-state index >= 15 is 0 Å². The van der Waals surface area contributed by atoms with Gasteiger partial charge in [-0.15, -0.1) is 5.10 Å². The average molecular weight is 694 g/mol. The molecule has 3 atom stereocenters. The third-order valence-corrected chi connectivity index (χ3v) is 8.38. The van der Waals surface area contributed by atoms with Crippen LogP contribution >= 0.6 is 0 Å². The number of alkyl halides is 9. The van der Waals surface area contributed by atoms with Gasteiger partial charge in [0.25, 0.3) is 5.95 Å². The zero-order chi connectivity index (χ0) is 35.4. The van der Waals surface area contributed by atoms with Crippen LogP contribution < -0.4 is 15.1 Å². The van der Waals surface area contributed by atoms with Crippen molar-refractivity contribution >= 4 is 17.7 Å². The topological polar surface area (TPSA) is 88.4 Å². The predicted octanol–water partition coefficient (Wildman–Crippen LogP) is 7.33. The van der Waals surface area contributed by atoms with Gasteiger partial charge in [0, 0.05) is 19.1 Å². The molecule has 0 saturated carbocycles. The smallest absolute Gasteiger partial charge is 0.416 e. The Morgan fingerprint density at radius 2 is 1.62 bits per heavy atom. The van der Waals surface area contributed by atoms with E-state index in [4.69, 9.17) is 4.74 Å². The zero-order valence-corrected chi connectivity index (χ0v) is 26.1. The van der Waals surface area contributed by atoms with Crippen LogP contribution in [0, 0.1) is 0 Å². The van der Waals surface area contributed by atoms with Crippen molar-refractivity contribution < 1.29 is 49.0 Å². The van der Waals surface area contributed by atoms with Crippen LogP contribution in [0.5, 0.6) is 0 Å². The molecule has 0 bridgehead atoms. The molecule has 3 aromatic rings. The second-order valence-electron chi connectivity index (χ2n) is 12.5. The van der Waals surface area contributed by atoms with Gasteiger partial charge < -0.3 is 15.0 Å². The van der Waals surface area contributed by atoms with Gasteiger partial charge in [-0.05, 0) is 99.8 Å². The molecule has 1 N–H and O–H groups in total. The van der Waals surface area contributed by atoms with Crippen molar-refractivity contribution in [3.63, 3.8) is 0 Å². The van der Waals surface area contributed by atoms with Gasteiger partial charge in [0.15, 0.2) is 0 Å². The van der Waals surface area contributed by atoms with E-state index in [2.05, 4.69) is 20.7 Å². The van der Waals surface area contributed by atoms with E-state index < -0.39 is 77.1 Å². The number of aromatic nitrogens is 4. The van der Waals surface area contributed by atoms with Crippen molar-refractivity contribution in [2.24, 2.45) is 0 Å². The number of rotatable bonds is 6. The molecule has 3 heterocycles. The minimum Gasteiger partial charge on any atom is -0.446 e. The number of hydrogen-bond donors (Lipinski definition) is 1. The number of hydrogen-bond acceptors (Lipinski definition) is 7. The van der Waals surface area contributed by atoms with Gasteiger partial charge in [0.05, 0.1) is 40.1 Å². The molecule has 0 unspecified atom stereocenters. The summed E-state index contributed by atoms with van der Waals surface area (Å²) in [6, 6.07) is 1.81. The average Bonchev–Trinajstić information content (AvgIpc) is 3.64. The van der Waals surface area contributed by atoms with Crippen LogP contribution in [0.1, 0.15) is 74.4 Å². The first-order chi connectivity index (χ1) is 22.2. The van der Waals surface area contributed by atoms with Crippen LogP contribution in [0.3, 0.4) is 0 Å². The third-order valence-electron chi connectivity index (χ3n) is 8.38. The molecule has 1 saturated heterocycles. The molecule has 0 radical (unpaired) electrons.